The van der Waals surface area contributed by atoms with Crippen molar-refractivity contribution in [3.63, 3.8) is 0 Å². The predicted molar refractivity (Wildman–Crippen MR) is 77.9 cm³/mol. The van der Waals surface area contributed by atoms with E-state index in [1.807, 2.05) is 29.2 Å². The topological polar surface area (TPSA) is 58.8 Å². The lowest BCUT2D eigenvalue weighted by Gasteiger charge is -2.33. The number of fused-ring (bicyclic) bond motifs is 1. The highest BCUT2D eigenvalue weighted by Crippen LogP contribution is 2.31. The van der Waals surface area contributed by atoms with Gasteiger partial charge in [-0.15, -0.1) is 0 Å². The molecule has 0 aromatic heterocycles. The minimum Gasteiger partial charge on any atom is -0.490 e. The summed E-state index contributed by atoms with van der Waals surface area (Å²) in [5, 5.41) is 0. The molecule has 0 bridgehead atoms. The monoisotopic (exact) mass is 275 g/mol. The average Bonchev–Trinajstić information content (AvgIpc) is 2.49. The Morgan fingerprint density at radius 2 is 2.00 bits per heavy atom. The first-order valence-electron chi connectivity index (χ1n) is 7.24. The number of hydrogen-bond donors (Lipinski definition) is 1. The second kappa shape index (κ2) is 5.81. The Labute approximate surface area is 119 Å². The van der Waals surface area contributed by atoms with E-state index >= 15 is 0 Å². The number of benzene rings is 1. The number of carbonyl (C=O) groups excluding carboxylic acids is 1. The Morgan fingerprint density at radius 1 is 1.25 bits per heavy atom. The van der Waals surface area contributed by atoms with E-state index < -0.39 is 0 Å². The average molecular weight is 275 g/mol. The molecule has 1 saturated heterocycles. The van der Waals surface area contributed by atoms with Crippen molar-refractivity contribution in [2.75, 3.05) is 37.7 Å². The van der Waals surface area contributed by atoms with Crippen molar-refractivity contribution in [3.05, 3.63) is 24.3 Å². The van der Waals surface area contributed by atoms with Gasteiger partial charge in [0.25, 0.3) is 0 Å². The summed E-state index contributed by atoms with van der Waals surface area (Å²) in [6.45, 7) is 3.50. The summed E-state index contributed by atoms with van der Waals surface area (Å²) in [6.07, 6.45) is 1.96. The Kier molecular flexibility index (Phi) is 3.89. The molecule has 1 aromatic rings. The van der Waals surface area contributed by atoms with E-state index in [4.69, 9.17) is 10.5 Å². The molecule has 2 aliphatic rings. The summed E-state index contributed by atoms with van der Waals surface area (Å²) in [7, 11) is 0. The Bertz CT molecular complexity index is 484. The first-order valence-corrected chi connectivity index (χ1v) is 7.24. The third-order valence-corrected chi connectivity index (χ3v) is 4.02. The molecule has 5 heteroatoms. The molecule has 0 unspecified atom stereocenters. The van der Waals surface area contributed by atoms with Gasteiger partial charge in [0, 0.05) is 19.1 Å². The Balaban J connectivity index is 1.66. The van der Waals surface area contributed by atoms with Crippen molar-refractivity contribution in [2.45, 2.75) is 18.9 Å². The van der Waals surface area contributed by atoms with Crippen molar-refractivity contribution in [2.24, 2.45) is 5.73 Å². The number of ether oxygens (including phenoxy) is 1. The molecule has 20 heavy (non-hydrogen) atoms. The molecule has 108 valence electrons. The number of hydrogen-bond acceptors (Lipinski definition) is 4. The summed E-state index contributed by atoms with van der Waals surface area (Å²) in [5.74, 6) is 0.948. The van der Waals surface area contributed by atoms with Crippen LogP contribution in [-0.4, -0.2) is 49.6 Å². The molecule has 2 heterocycles. The highest BCUT2D eigenvalue weighted by molar-refractivity contribution is 5.96. The quantitative estimate of drug-likeness (QED) is 0.869. The zero-order valence-corrected chi connectivity index (χ0v) is 11.6. The van der Waals surface area contributed by atoms with Crippen LogP contribution in [-0.2, 0) is 4.79 Å². The molecule has 5 nitrogen and oxygen atoms in total. The lowest BCUT2D eigenvalue weighted by molar-refractivity contribution is -0.120. The third-order valence-electron chi connectivity index (χ3n) is 4.02. The fraction of sp³-hybridized carbons (Fsp3) is 0.533. The SMILES string of the molecule is NC1CCN(CC(=O)N2CCOc3ccccc32)CC1. The van der Waals surface area contributed by atoms with E-state index in [-0.39, 0.29) is 5.91 Å². The predicted octanol–water partition coefficient (Wildman–Crippen LogP) is 0.835. The van der Waals surface area contributed by atoms with Gasteiger partial charge in [-0.3, -0.25) is 9.69 Å². The first-order chi connectivity index (χ1) is 9.74. The second-order valence-electron chi connectivity index (χ2n) is 5.48. The second-order valence-corrected chi connectivity index (χ2v) is 5.48. The molecule has 0 aliphatic carbocycles. The lowest BCUT2D eigenvalue weighted by atomic mass is 10.1. The van der Waals surface area contributed by atoms with Gasteiger partial charge in [0.15, 0.2) is 0 Å². The van der Waals surface area contributed by atoms with Crippen molar-refractivity contribution >= 4 is 11.6 Å². The molecule has 1 amide bonds. The number of likely N-dealkylation sites (tertiary alicyclic amines) is 1. The van der Waals surface area contributed by atoms with Crippen LogP contribution in [0.4, 0.5) is 5.69 Å². The number of anilines is 1. The van der Waals surface area contributed by atoms with Crippen LogP contribution in [0.25, 0.3) is 0 Å². The fourth-order valence-corrected chi connectivity index (χ4v) is 2.82. The number of amides is 1. The molecular weight excluding hydrogens is 254 g/mol. The van der Waals surface area contributed by atoms with Crippen molar-refractivity contribution in [1.82, 2.24) is 4.90 Å². The molecule has 0 atom stereocenters. The molecule has 1 fully saturated rings. The van der Waals surface area contributed by atoms with E-state index in [0.29, 0.717) is 25.7 Å². The summed E-state index contributed by atoms with van der Waals surface area (Å²) < 4.78 is 5.58. The fourth-order valence-electron chi connectivity index (χ4n) is 2.82. The van der Waals surface area contributed by atoms with E-state index in [0.717, 1.165) is 37.4 Å². The number of nitrogens with two attached hydrogens (primary N) is 1. The number of nitrogens with zero attached hydrogens (tertiary/aromatic N) is 2. The van der Waals surface area contributed by atoms with Crippen LogP contribution in [0, 0.1) is 0 Å². The molecule has 3 rings (SSSR count). The smallest absolute Gasteiger partial charge is 0.241 e. The minimum atomic E-state index is 0.149. The van der Waals surface area contributed by atoms with Gasteiger partial charge in [-0.1, -0.05) is 12.1 Å². The molecule has 1 aromatic carbocycles. The number of rotatable bonds is 2. The van der Waals surface area contributed by atoms with Crippen LogP contribution in [0.2, 0.25) is 0 Å². The highest BCUT2D eigenvalue weighted by Gasteiger charge is 2.26. The van der Waals surface area contributed by atoms with Crippen LogP contribution < -0.4 is 15.4 Å². The Morgan fingerprint density at radius 3 is 2.80 bits per heavy atom. The van der Waals surface area contributed by atoms with Gasteiger partial charge in [0.2, 0.25) is 5.91 Å². The van der Waals surface area contributed by atoms with Gasteiger partial charge in [-0.2, -0.15) is 0 Å². The maximum atomic E-state index is 12.5. The number of para-hydroxylation sites is 2. The van der Waals surface area contributed by atoms with Gasteiger partial charge in [-0.05, 0) is 25.0 Å². The van der Waals surface area contributed by atoms with Crippen molar-refractivity contribution < 1.29 is 9.53 Å². The summed E-state index contributed by atoms with van der Waals surface area (Å²) in [5.41, 5.74) is 6.78. The number of carbonyl (C=O) groups is 1. The molecular formula is C15H21N3O2. The molecule has 0 radical (unpaired) electrons. The summed E-state index contributed by atoms with van der Waals surface area (Å²) in [6, 6.07) is 8.02. The third kappa shape index (κ3) is 2.78. The molecule has 2 N–H and O–H groups in total. The molecule has 2 aliphatic heterocycles. The van der Waals surface area contributed by atoms with E-state index in [1.165, 1.54) is 0 Å². The standard InChI is InChI=1S/C15H21N3O2/c16-12-5-7-17(8-6-12)11-15(19)18-9-10-20-14-4-2-1-3-13(14)18/h1-4,12H,5-11,16H2. The Hall–Kier alpha value is -1.59. The zero-order valence-electron chi connectivity index (χ0n) is 11.6. The van der Waals surface area contributed by atoms with Crippen LogP contribution in [0.1, 0.15) is 12.8 Å². The van der Waals surface area contributed by atoms with E-state index in [2.05, 4.69) is 4.90 Å². The summed E-state index contributed by atoms with van der Waals surface area (Å²) >= 11 is 0. The highest BCUT2D eigenvalue weighted by atomic mass is 16.5. The molecule has 0 saturated carbocycles. The van der Waals surface area contributed by atoms with E-state index in [1.54, 1.807) is 0 Å². The molecule has 0 spiro atoms. The van der Waals surface area contributed by atoms with Gasteiger partial charge >= 0.3 is 0 Å². The van der Waals surface area contributed by atoms with Gasteiger partial charge in [0.05, 0.1) is 18.8 Å². The van der Waals surface area contributed by atoms with Crippen LogP contribution in [0.3, 0.4) is 0 Å². The number of piperidine rings is 1. The lowest BCUT2D eigenvalue weighted by Crippen LogP contribution is -2.47. The first kappa shape index (κ1) is 13.4. The zero-order chi connectivity index (χ0) is 13.9. The van der Waals surface area contributed by atoms with Crippen LogP contribution in [0.5, 0.6) is 5.75 Å². The van der Waals surface area contributed by atoms with Gasteiger partial charge in [-0.25, -0.2) is 0 Å². The maximum absolute atomic E-state index is 12.5. The summed E-state index contributed by atoms with van der Waals surface area (Å²) in [4.78, 5) is 16.5. The van der Waals surface area contributed by atoms with Crippen LogP contribution >= 0.6 is 0 Å². The van der Waals surface area contributed by atoms with E-state index in [9.17, 15) is 4.79 Å². The normalized spacial score (nSPS) is 20.4. The van der Waals surface area contributed by atoms with Crippen LogP contribution in [0.15, 0.2) is 24.3 Å². The van der Waals surface area contributed by atoms with Crippen molar-refractivity contribution in [3.8, 4) is 5.75 Å². The largest absolute Gasteiger partial charge is 0.490 e. The maximum Gasteiger partial charge on any atom is 0.241 e. The van der Waals surface area contributed by atoms with Gasteiger partial charge in [0.1, 0.15) is 12.4 Å². The van der Waals surface area contributed by atoms with Gasteiger partial charge < -0.3 is 15.4 Å². The minimum absolute atomic E-state index is 0.149. The van der Waals surface area contributed by atoms with Crippen molar-refractivity contribution in [1.29, 1.82) is 0 Å².